The molecule has 2 aromatic rings. The van der Waals surface area contributed by atoms with Crippen molar-refractivity contribution >= 4 is 40.8 Å². The summed E-state index contributed by atoms with van der Waals surface area (Å²) in [6.45, 7) is 3.85. The molecule has 0 saturated carbocycles. The molecule has 1 aliphatic heterocycles. The lowest BCUT2D eigenvalue weighted by Gasteiger charge is -2.36. The first-order valence-corrected chi connectivity index (χ1v) is 9.87. The van der Waals surface area contributed by atoms with Crippen LogP contribution in [-0.4, -0.2) is 65.7 Å². The standard InChI is InChI=1S/C19H21ClFN3O.C2H2O4/c20-15-4-3-5-16(14-15)22-19(25)8-9-23-10-12-24(13-11-23)18-7-2-1-6-17(18)21;3-1(4)2(5)6/h1-7,14H,8-13H2,(H,22,25);(H,3,4)(H,5,6). The average Bonchev–Trinajstić information content (AvgIpc) is 2.73. The highest BCUT2D eigenvalue weighted by Gasteiger charge is 2.19. The minimum Gasteiger partial charge on any atom is -0.473 e. The van der Waals surface area contributed by atoms with Gasteiger partial charge in [-0.05, 0) is 30.3 Å². The summed E-state index contributed by atoms with van der Waals surface area (Å²) >= 11 is 5.91. The van der Waals surface area contributed by atoms with E-state index in [1.807, 2.05) is 18.2 Å². The van der Waals surface area contributed by atoms with Crippen molar-refractivity contribution in [1.29, 1.82) is 0 Å². The zero-order valence-electron chi connectivity index (χ0n) is 16.6. The molecule has 10 heteroatoms. The van der Waals surface area contributed by atoms with Crippen molar-refractivity contribution in [2.24, 2.45) is 0 Å². The normalized spacial score (nSPS) is 13.7. The lowest BCUT2D eigenvalue weighted by molar-refractivity contribution is -0.159. The Bertz CT molecular complexity index is 907. The number of para-hydroxylation sites is 1. The molecule has 31 heavy (non-hydrogen) atoms. The number of hydrogen-bond donors (Lipinski definition) is 3. The molecule has 1 saturated heterocycles. The molecule has 0 aliphatic carbocycles. The van der Waals surface area contributed by atoms with Gasteiger partial charge in [-0.2, -0.15) is 0 Å². The Morgan fingerprint density at radius 2 is 1.61 bits per heavy atom. The lowest BCUT2D eigenvalue weighted by Crippen LogP contribution is -2.47. The highest BCUT2D eigenvalue weighted by atomic mass is 35.5. The van der Waals surface area contributed by atoms with Gasteiger partial charge in [-0.3, -0.25) is 9.69 Å². The third-order valence-corrected chi connectivity index (χ3v) is 4.75. The summed E-state index contributed by atoms with van der Waals surface area (Å²) in [5.74, 6) is -3.86. The summed E-state index contributed by atoms with van der Waals surface area (Å²) in [6, 6.07) is 14.0. The van der Waals surface area contributed by atoms with Gasteiger partial charge in [0.15, 0.2) is 0 Å². The molecule has 3 N–H and O–H groups in total. The van der Waals surface area contributed by atoms with Crippen molar-refractivity contribution in [3.63, 3.8) is 0 Å². The summed E-state index contributed by atoms with van der Waals surface area (Å²) in [4.78, 5) is 34.5. The first kappa shape index (κ1) is 24.1. The second-order valence-corrected chi connectivity index (χ2v) is 7.14. The molecule has 0 atom stereocenters. The van der Waals surface area contributed by atoms with E-state index < -0.39 is 11.9 Å². The molecule has 0 radical (unpaired) electrons. The predicted molar refractivity (Wildman–Crippen MR) is 115 cm³/mol. The summed E-state index contributed by atoms with van der Waals surface area (Å²) in [5.41, 5.74) is 1.36. The lowest BCUT2D eigenvalue weighted by atomic mass is 10.2. The monoisotopic (exact) mass is 451 g/mol. The minimum atomic E-state index is -1.82. The maximum atomic E-state index is 13.8. The maximum Gasteiger partial charge on any atom is 0.414 e. The number of anilines is 2. The third kappa shape index (κ3) is 8.23. The van der Waals surface area contributed by atoms with E-state index >= 15 is 0 Å². The number of carboxylic acid groups (broad SMARTS) is 2. The zero-order chi connectivity index (χ0) is 22.8. The van der Waals surface area contributed by atoms with Crippen molar-refractivity contribution in [3.05, 3.63) is 59.4 Å². The van der Waals surface area contributed by atoms with Crippen molar-refractivity contribution in [2.75, 3.05) is 42.9 Å². The van der Waals surface area contributed by atoms with Crippen LogP contribution in [0.2, 0.25) is 5.02 Å². The fourth-order valence-electron chi connectivity index (χ4n) is 2.97. The van der Waals surface area contributed by atoms with Crippen molar-refractivity contribution in [1.82, 2.24) is 4.90 Å². The van der Waals surface area contributed by atoms with Gasteiger partial charge in [0.1, 0.15) is 5.82 Å². The Balaban J connectivity index is 0.000000501. The first-order valence-electron chi connectivity index (χ1n) is 9.49. The molecule has 1 amide bonds. The van der Waals surface area contributed by atoms with Gasteiger partial charge in [0.2, 0.25) is 5.91 Å². The SMILES string of the molecule is O=C(CCN1CCN(c2ccccc2F)CC1)Nc1cccc(Cl)c1.O=C(O)C(=O)O. The van der Waals surface area contributed by atoms with Crippen molar-refractivity contribution in [2.45, 2.75) is 6.42 Å². The number of carbonyl (C=O) groups excluding carboxylic acids is 1. The van der Waals surface area contributed by atoms with Crippen LogP contribution < -0.4 is 10.2 Å². The van der Waals surface area contributed by atoms with Gasteiger partial charge in [-0.15, -0.1) is 0 Å². The Kier molecular flexibility index (Phi) is 9.23. The quantitative estimate of drug-likeness (QED) is 0.599. The summed E-state index contributed by atoms with van der Waals surface area (Å²) in [7, 11) is 0. The van der Waals surface area contributed by atoms with Crippen molar-refractivity contribution < 1.29 is 29.0 Å². The minimum absolute atomic E-state index is 0.0289. The zero-order valence-corrected chi connectivity index (χ0v) is 17.4. The number of amides is 1. The first-order chi connectivity index (χ1) is 14.8. The Morgan fingerprint density at radius 1 is 0.968 bits per heavy atom. The highest BCUT2D eigenvalue weighted by Crippen LogP contribution is 2.20. The number of carboxylic acids is 2. The van der Waals surface area contributed by atoms with Crippen LogP contribution in [0, 0.1) is 5.82 Å². The van der Waals surface area contributed by atoms with Gasteiger partial charge in [0, 0.05) is 49.9 Å². The maximum absolute atomic E-state index is 13.8. The number of rotatable bonds is 5. The van der Waals surface area contributed by atoms with E-state index in [4.69, 9.17) is 31.4 Å². The van der Waals surface area contributed by atoms with Crippen LogP contribution in [-0.2, 0) is 14.4 Å². The third-order valence-electron chi connectivity index (χ3n) is 4.51. The molecule has 0 aromatic heterocycles. The van der Waals surface area contributed by atoms with E-state index in [0.29, 0.717) is 29.4 Å². The summed E-state index contributed by atoms with van der Waals surface area (Å²) in [5, 5.41) is 18.2. The number of carbonyl (C=O) groups is 3. The molecular formula is C21H23ClFN3O5. The average molecular weight is 452 g/mol. The largest absolute Gasteiger partial charge is 0.473 e. The molecule has 0 unspecified atom stereocenters. The van der Waals surface area contributed by atoms with Crippen molar-refractivity contribution in [3.8, 4) is 0 Å². The number of nitrogens with one attached hydrogen (secondary N) is 1. The van der Waals surface area contributed by atoms with Gasteiger partial charge in [-0.1, -0.05) is 29.8 Å². The molecule has 2 aromatic carbocycles. The van der Waals surface area contributed by atoms with Gasteiger partial charge < -0.3 is 20.4 Å². The van der Waals surface area contributed by atoms with Gasteiger partial charge >= 0.3 is 11.9 Å². The van der Waals surface area contributed by atoms with E-state index in [0.717, 1.165) is 26.2 Å². The fourth-order valence-corrected chi connectivity index (χ4v) is 3.16. The van der Waals surface area contributed by atoms with Crippen LogP contribution in [0.25, 0.3) is 0 Å². The van der Waals surface area contributed by atoms with Gasteiger partial charge in [0.25, 0.3) is 0 Å². The topological polar surface area (TPSA) is 110 Å². The number of aliphatic carboxylic acids is 2. The van der Waals surface area contributed by atoms with Crippen LogP contribution in [0.15, 0.2) is 48.5 Å². The second-order valence-electron chi connectivity index (χ2n) is 6.70. The Morgan fingerprint density at radius 3 is 2.19 bits per heavy atom. The molecule has 1 heterocycles. The molecule has 8 nitrogen and oxygen atoms in total. The van der Waals surface area contributed by atoms with Crippen LogP contribution in [0.3, 0.4) is 0 Å². The molecule has 1 aliphatic rings. The molecule has 0 bridgehead atoms. The van der Waals surface area contributed by atoms with E-state index in [2.05, 4.69) is 15.1 Å². The van der Waals surface area contributed by atoms with Crippen LogP contribution in [0.4, 0.5) is 15.8 Å². The highest BCUT2D eigenvalue weighted by molar-refractivity contribution is 6.30. The molecule has 0 spiro atoms. The molecule has 1 fully saturated rings. The number of piperazine rings is 1. The molecule has 166 valence electrons. The number of hydrogen-bond acceptors (Lipinski definition) is 5. The van der Waals surface area contributed by atoms with Gasteiger partial charge in [-0.25, -0.2) is 14.0 Å². The number of halogens is 2. The second kappa shape index (κ2) is 11.9. The fraction of sp³-hybridized carbons (Fsp3) is 0.286. The molecular weight excluding hydrogens is 429 g/mol. The van der Waals surface area contributed by atoms with E-state index in [-0.39, 0.29) is 11.7 Å². The van der Waals surface area contributed by atoms with E-state index in [1.165, 1.54) is 6.07 Å². The number of nitrogens with zero attached hydrogens (tertiary/aromatic N) is 2. The van der Waals surface area contributed by atoms with Crippen LogP contribution in [0.1, 0.15) is 6.42 Å². The molecule has 3 rings (SSSR count). The predicted octanol–water partition coefficient (Wildman–Crippen LogP) is 2.79. The Hall–Kier alpha value is -3.17. The summed E-state index contributed by atoms with van der Waals surface area (Å²) < 4.78 is 13.8. The van der Waals surface area contributed by atoms with Crippen LogP contribution >= 0.6 is 11.6 Å². The number of benzene rings is 2. The van der Waals surface area contributed by atoms with Gasteiger partial charge in [0.05, 0.1) is 5.69 Å². The summed E-state index contributed by atoms with van der Waals surface area (Å²) in [6.07, 6.45) is 0.423. The smallest absolute Gasteiger partial charge is 0.414 e. The van der Waals surface area contributed by atoms with E-state index in [9.17, 15) is 9.18 Å². The Labute approximate surface area is 183 Å². The van der Waals surface area contributed by atoms with E-state index in [1.54, 1.807) is 24.3 Å². The van der Waals surface area contributed by atoms with Crippen LogP contribution in [0.5, 0.6) is 0 Å².